The van der Waals surface area contributed by atoms with Crippen molar-refractivity contribution in [1.82, 2.24) is 10.2 Å². The van der Waals surface area contributed by atoms with Gasteiger partial charge in [-0.25, -0.2) is 8.42 Å². The second-order valence-corrected chi connectivity index (χ2v) is 13.0. The molecule has 0 heterocycles. The van der Waals surface area contributed by atoms with Crippen molar-refractivity contribution in [2.24, 2.45) is 0 Å². The Bertz CT molecular complexity index is 1440. The zero-order chi connectivity index (χ0) is 30.1. The number of carbonyl (C=O) groups is 2. The van der Waals surface area contributed by atoms with Crippen molar-refractivity contribution in [3.8, 4) is 0 Å². The van der Waals surface area contributed by atoms with Crippen molar-refractivity contribution in [2.45, 2.75) is 82.7 Å². The highest BCUT2D eigenvalue weighted by Crippen LogP contribution is 2.26. The number of benzene rings is 3. The van der Waals surface area contributed by atoms with E-state index in [0.29, 0.717) is 25.1 Å². The van der Waals surface area contributed by atoms with Crippen LogP contribution in [0, 0.1) is 13.8 Å². The average Bonchev–Trinajstić information content (AvgIpc) is 3.00. The van der Waals surface area contributed by atoms with Gasteiger partial charge >= 0.3 is 0 Å². The molecule has 8 heteroatoms. The first-order chi connectivity index (χ1) is 20.2. The quantitative estimate of drug-likeness (QED) is 0.289. The largest absolute Gasteiger partial charge is 0.352 e. The van der Waals surface area contributed by atoms with Gasteiger partial charge in [0.2, 0.25) is 11.8 Å². The summed E-state index contributed by atoms with van der Waals surface area (Å²) >= 11 is 0. The molecule has 0 radical (unpaired) electrons. The monoisotopic (exact) mass is 589 g/mol. The first-order valence-electron chi connectivity index (χ1n) is 15.0. The van der Waals surface area contributed by atoms with Crippen molar-refractivity contribution in [3.63, 3.8) is 0 Å². The first kappa shape index (κ1) is 31.3. The van der Waals surface area contributed by atoms with Gasteiger partial charge in [0.25, 0.3) is 10.0 Å². The van der Waals surface area contributed by atoms with E-state index in [1.807, 2.05) is 57.2 Å². The van der Waals surface area contributed by atoms with Crippen LogP contribution in [0.15, 0.2) is 83.8 Å². The normalized spacial score (nSPS) is 14.6. The van der Waals surface area contributed by atoms with Crippen LogP contribution in [0.1, 0.15) is 62.1 Å². The van der Waals surface area contributed by atoms with Crippen LogP contribution in [0.2, 0.25) is 0 Å². The summed E-state index contributed by atoms with van der Waals surface area (Å²) in [7, 11) is -4.07. The average molecular weight is 590 g/mol. The summed E-state index contributed by atoms with van der Waals surface area (Å²) in [5.41, 5.74) is 3.41. The third kappa shape index (κ3) is 7.79. The lowest BCUT2D eigenvalue weighted by molar-refractivity contribution is -0.140. The molecule has 3 aromatic carbocycles. The van der Waals surface area contributed by atoms with Gasteiger partial charge in [0.05, 0.1) is 10.6 Å². The molecule has 7 nitrogen and oxygen atoms in total. The van der Waals surface area contributed by atoms with Crippen LogP contribution in [0.3, 0.4) is 0 Å². The van der Waals surface area contributed by atoms with Gasteiger partial charge in [-0.2, -0.15) is 0 Å². The minimum absolute atomic E-state index is 0.106. The number of nitrogens with zero attached hydrogens (tertiary/aromatic N) is 2. The molecule has 1 saturated carbocycles. The predicted molar refractivity (Wildman–Crippen MR) is 168 cm³/mol. The summed E-state index contributed by atoms with van der Waals surface area (Å²) in [4.78, 5) is 29.5. The first-order valence-corrected chi connectivity index (χ1v) is 16.4. The number of hydrogen-bond donors (Lipinski definition) is 1. The summed E-state index contributed by atoms with van der Waals surface area (Å²) in [6.07, 6.45) is 6.20. The molecule has 1 fully saturated rings. The second-order valence-electron chi connectivity index (χ2n) is 11.2. The van der Waals surface area contributed by atoms with Crippen molar-refractivity contribution >= 4 is 27.5 Å². The zero-order valence-corrected chi connectivity index (χ0v) is 25.8. The molecule has 224 valence electrons. The number of hydrogen-bond acceptors (Lipinski definition) is 4. The standard InChI is InChI=1S/C34H43N3O4S/c1-4-32(34(39)35-29-16-10-6-11-17-29)36(23-22-28-14-8-5-9-15-28)33(38)25-37(30-21-20-26(2)27(3)24-30)42(40,41)31-18-12-7-13-19-31/h5,7-9,12-15,18-21,24,29,32H,4,6,10-11,16-17,22-23,25H2,1-3H3,(H,35,39). The highest BCUT2D eigenvalue weighted by Gasteiger charge is 2.34. The Kier molecular flexibility index (Phi) is 10.8. The Morgan fingerprint density at radius 2 is 1.52 bits per heavy atom. The maximum absolute atomic E-state index is 14.2. The molecule has 1 atom stereocenters. The zero-order valence-electron chi connectivity index (χ0n) is 25.0. The third-order valence-electron chi connectivity index (χ3n) is 8.21. The molecule has 2 amide bonds. The van der Waals surface area contributed by atoms with E-state index in [1.165, 1.54) is 22.9 Å². The second kappa shape index (κ2) is 14.5. The van der Waals surface area contributed by atoms with E-state index in [1.54, 1.807) is 35.2 Å². The molecule has 3 aromatic rings. The van der Waals surface area contributed by atoms with E-state index < -0.39 is 28.5 Å². The third-order valence-corrected chi connectivity index (χ3v) is 10.00. The number of aryl methyl sites for hydroxylation is 2. The Labute approximate surface area is 251 Å². The van der Waals surface area contributed by atoms with Crippen LogP contribution in [0.4, 0.5) is 5.69 Å². The molecule has 0 aromatic heterocycles. The number of nitrogens with one attached hydrogen (secondary N) is 1. The van der Waals surface area contributed by atoms with Crippen LogP contribution in [0.5, 0.6) is 0 Å². The summed E-state index contributed by atoms with van der Waals surface area (Å²) in [5, 5.41) is 3.19. The molecule has 1 aliphatic carbocycles. The summed E-state index contributed by atoms with van der Waals surface area (Å²) in [6.45, 7) is 5.66. The van der Waals surface area contributed by atoms with Gasteiger partial charge < -0.3 is 10.2 Å². The van der Waals surface area contributed by atoms with E-state index >= 15 is 0 Å². The molecule has 42 heavy (non-hydrogen) atoms. The van der Waals surface area contributed by atoms with Crippen molar-refractivity contribution < 1.29 is 18.0 Å². The lowest BCUT2D eigenvalue weighted by Gasteiger charge is -2.34. The van der Waals surface area contributed by atoms with E-state index in [2.05, 4.69) is 5.32 Å². The van der Waals surface area contributed by atoms with Gasteiger partial charge in [-0.05, 0) is 80.5 Å². The molecule has 1 unspecified atom stereocenters. The van der Waals surface area contributed by atoms with Crippen LogP contribution in [-0.4, -0.2) is 50.3 Å². The fourth-order valence-electron chi connectivity index (χ4n) is 5.57. The molecule has 0 bridgehead atoms. The highest BCUT2D eigenvalue weighted by atomic mass is 32.2. The minimum Gasteiger partial charge on any atom is -0.352 e. The maximum atomic E-state index is 14.2. The number of anilines is 1. The van der Waals surface area contributed by atoms with Gasteiger partial charge in [0.15, 0.2) is 0 Å². The maximum Gasteiger partial charge on any atom is 0.264 e. The van der Waals surface area contributed by atoms with Crippen LogP contribution < -0.4 is 9.62 Å². The lowest BCUT2D eigenvalue weighted by Crippen LogP contribution is -2.54. The van der Waals surface area contributed by atoms with Crippen molar-refractivity contribution in [2.75, 3.05) is 17.4 Å². The fourth-order valence-corrected chi connectivity index (χ4v) is 7.00. The summed E-state index contributed by atoms with van der Waals surface area (Å²) in [6, 6.07) is 22.8. The van der Waals surface area contributed by atoms with Gasteiger partial charge in [-0.15, -0.1) is 0 Å². The Hall–Kier alpha value is -3.65. The van der Waals surface area contributed by atoms with E-state index in [9.17, 15) is 18.0 Å². The van der Waals surface area contributed by atoms with Gasteiger partial charge in [0, 0.05) is 12.6 Å². The van der Waals surface area contributed by atoms with Crippen LogP contribution >= 0.6 is 0 Å². The van der Waals surface area contributed by atoms with Crippen molar-refractivity contribution in [3.05, 3.63) is 95.6 Å². The summed E-state index contributed by atoms with van der Waals surface area (Å²) < 4.78 is 29.1. The van der Waals surface area contributed by atoms with Gasteiger partial charge in [-0.1, -0.05) is 80.8 Å². The molecule has 0 aliphatic heterocycles. The number of amides is 2. The van der Waals surface area contributed by atoms with Crippen LogP contribution in [-0.2, 0) is 26.0 Å². The minimum atomic E-state index is -4.07. The molecule has 0 spiro atoms. The van der Waals surface area contributed by atoms with E-state index in [0.717, 1.165) is 42.4 Å². The van der Waals surface area contributed by atoms with Gasteiger partial charge in [0.1, 0.15) is 12.6 Å². The van der Waals surface area contributed by atoms with Gasteiger partial charge in [-0.3, -0.25) is 13.9 Å². The molecule has 0 saturated heterocycles. The molecular formula is C34H43N3O4S. The lowest BCUT2D eigenvalue weighted by atomic mass is 9.95. The van der Waals surface area contributed by atoms with E-state index in [4.69, 9.17) is 0 Å². The number of rotatable bonds is 12. The molecule has 4 rings (SSSR count). The fraction of sp³-hybridized carbons (Fsp3) is 0.412. The topological polar surface area (TPSA) is 86.8 Å². The smallest absolute Gasteiger partial charge is 0.264 e. The SMILES string of the molecule is CCC(C(=O)NC1CCCCC1)N(CCc1ccccc1)C(=O)CN(c1ccc(C)c(C)c1)S(=O)(=O)c1ccccc1. The Morgan fingerprint density at radius 3 is 2.14 bits per heavy atom. The van der Waals surface area contributed by atoms with E-state index in [-0.39, 0.29) is 16.8 Å². The Balaban J connectivity index is 1.67. The van der Waals surface area contributed by atoms with Crippen LogP contribution in [0.25, 0.3) is 0 Å². The molecule has 1 aliphatic rings. The van der Waals surface area contributed by atoms with Crippen molar-refractivity contribution in [1.29, 1.82) is 0 Å². The molecular weight excluding hydrogens is 546 g/mol. The number of carbonyl (C=O) groups excluding carboxylic acids is 2. The highest BCUT2D eigenvalue weighted by molar-refractivity contribution is 7.92. The number of sulfonamides is 1. The Morgan fingerprint density at radius 1 is 0.881 bits per heavy atom. The predicted octanol–water partition coefficient (Wildman–Crippen LogP) is 5.80. The summed E-state index contributed by atoms with van der Waals surface area (Å²) in [5.74, 6) is -0.580. The molecule has 1 N–H and O–H groups in total.